The van der Waals surface area contributed by atoms with Crippen LogP contribution in [0.15, 0.2) is 0 Å². The molecule has 1 fully saturated rings. The van der Waals surface area contributed by atoms with Crippen LogP contribution in [0, 0.1) is 29.1 Å². The molecule has 0 aromatic heterocycles. The van der Waals surface area contributed by atoms with Crippen molar-refractivity contribution in [1.82, 2.24) is 5.32 Å². The lowest BCUT2D eigenvalue weighted by Crippen LogP contribution is -2.34. The molecule has 0 bridgehead atoms. The van der Waals surface area contributed by atoms with Crippen LogP contribution < -0.4 is 5.32 Å². The molecular formula is C11H18N2O. The fraction of sp³-hybridized carbons (Fsp3) is 0.818. The van der Waals surface area contributed by atoms with Gasteiger partial charge in [-0.3, -0.25) is 4.79 Å². The second-order valence-corrected chi connectivity index (χ2v) is 4.29. The fourth-order valence-electron chi connectivity index (χ4n) is 1.97. The Morgan fingerprint density at radius 1 is 1.64 bits per heavy atom. The van der Waals surface area contributed by atoms with E-state index < -0.39 is 0 Å². The minimum Gasteiger partial charge on any atom is -0.355 e. The Balaban J connectivity index is 2.32. The molecule has 1 amide bonds. The van der Waals surface area contributed by atoms with E-state index in [1.165, 1.54) is 0 Å². The first-order chi connectivity index (χ1) is 6.65. The lowest BCUT2D eigenvalue weighted by molar-refractivity contribution is -0.125. The maximum Gasteiger partial charge on any atom is 0.223 e. The van der Waals surface area contributed by atoms with Crippen molar-refractivity contribution < 1.29 is 4.79 Å². The van der Waals surface area contributed by atoms with Gasteiger partial charge in [-0.25, -0.2) is 0 Å². The number of carbonyl (C=O) groups is 1. The highest BCUT2D eigenvalue weighted by Gasteiger charge is 2.29. The predicted octanol–water partition coefficient (Wildman–Crippen LogP) is 1.70. The zero-order valence-electron chi connectivity index (χ0n) is 8.92. The number of carbonyl (C=O) groups excluding carboxylic acids is 1. The van der Waals surface area contributed by atoms with Crippen LogP contribution in [0.3, 0.4) is 0 Å². The van der Waals surface area contributed by atoms with Gasteiger partial charge in [-0.05, 0) is 25.7 Å². The van der Waals surface area contributed by atoms with Gasteiger partial charge in [0.2, 0.25) is 5.91 Å². The van der Waals surface area contributed by atoms with Crippen molar-refractivity contribution in [3.05, 3.63) is 0 Å². The summed E-state index contributed by atoms with van der Waals surface area (Å²) in [6, 6.07) is 2.11. The van der Waals surface area contributed by atoms with Gasteiger partial charge in [0.25, 0.3) is 0 Å². The minimum atomic E-state index is -0.0874. The number of nitrogens with zero attached hydrogens (tertiary/aromatic N) is 1. The van der Waals surface area contributed by atoms with Gasteiger partial charge in [0.1, 0.15) is 0 Å². The van der Waals surface area contributed by atoms with Crippen molar-refractivity contribution in [2.45, 2.75) is 33.1 Å². The molecule has 0 heterocycles. The third kappa shape index (κ3) is 2.73. The highest BCUT2D eigenvalue weighted by molar-refractivity contribution is 5.79. The van der Waals surface area contributed by atoms with Crippen molar-refractivity contribution in [3.63, 3.8) is 0 Å². The van der Waals surface area contributed by atoms with E-state index in [4.69, 9.17) is 5.26 Å². The van der Waals surface area contributed by atoms with E-state index in [-0.39, 0.29) is 17.7 Å². The summed E-state index contributed by atoms with van der Waals surface area (Å²) in [5.41, 5.74) is 0. The first kappa shape index (κ1) is 11.0. The quantitative estimate of drug-likeness (QED) is 0.743. The average molecular weight is 194 g/mol. The van der Waals surface area contributed by atoms with Crippen molar-refractivity contribution in [2.75, 3.05) is 6.54 Å². The number of rotatable bonds is 3. The summed E-state index contributed by atoms with van der Waals surface area (Å²) in [5.74, 6) is 0.737. The van der Waals surface area contributed by atoms with E-state index in [0.29, 0.717) is 12.5 Å². The molecule has 3 unspecified atom stereocenters. The van der Waals surface area contributed by atoms with Gasteiger partial charge < -0.3 is 5.32 Å². The monoisotopic (exact) mass is 194 g/mol. The van der Waals surface area contributed by atoms with Gasteiger partial charge in [0.05, 0.1) is 12.0 Å². The van der Waals surface area contributed by atoms with Crippen LogP contribution >= 0.6 is 0 Å². The molecule has 1 aliphatic carbocycles. The summed E-state index contributed by atoms with van der Waals surface area (Å²) < 4.78 is 0. The Morgan fingerprint density at radius 3 is 2.86 bits per heavy atom. The molecule has 0 aromatic carbocycles. The first-order valence-corrected chi connectivity index (χ1v) is 5.32. The van der Waals surface area contributed by atoms with E-state index in [1.807, 2.05) is 6.92 Å². The molecule has 1 rings (SSSR count). The Hall–Kier alpha value is -1.04. The fourth-order valence-corrected chi connectivity index (χ4v) is 1.97. The Bertz CT molecular complexity index is 244. The summed E-state index contributed by atoms with van der Waals surface area (Å²) in [4.78, 5) is 11.7. The Labute approximate surface area is 85.5 Å². The molecule has 3 nitrogen and oxygen atoms in total. The molecule has 0 aliphatic heterocycles. The smallest absolute Gasteiger partial charge is 0.223 e. The van der Waals surface area contributed by atoms with Gasteiger partial charge in [-0.2, -0.15) is 5.26 Å². The molecule has 3 heteroatoms. The SMILES string of the molecule is CC(C#N)CNC(=O)C1CCCC1C. The van der Waals surface area contributed by atoms with Crippen LogP contribution in [0.5, 0.6) is 0 Å². The zero-order chi connectivity index (χ0) is 10.6. The van der Waals surface area contributed by atoms with E-state index in [0.717, 1.165) is 19.3 Å². The molecule has 0 saturated heterocycles. The number of hydrogen-bond donors (Lipinski definition) is 1. The van der Waals surface area contributed by atoms with Crippen LogP contribution in [0.2, 0.25) is 0 Å². The zero-order valence-corrected chi connectivity index (χ0v) is 8.92. The minimum absolute atomic E-state index is 0.0874. The van der Waals surface area contributed by atoms with E-state index in [1.54, 1.807) is 0 Å². The second kappa shape index (κ2) is 4.99. The first-order valence-electron chi connectivity index (χ1n) is 5.32. The highest BCUT2D eigenvalue weighted by atomic mass is 16.1. The number of amides is 1. The van der Waals surface area contributed by atoms with Gasteiger partial charge >= 0.3 is 0 Å². The second-order valence-electron chi connectivity index (χ2n) is 4.29. The van der Waals surface area contributed by atoms with Crippen LogP contribution in [0.25, 0.3) is 0 Å². The molecule has 0 radical (unpaired) electrons. The van der Waals surface area contributed by atoms with Crippen LogP contribution in [-0.2, 0) is 4.79 Å². The maximum absolute atomic E-state index is 11.7. The number of nitrogens with one attached hydrogen (secondary N) is 1. The van der Waals surface area contributed by atoms with E-state index >= 15 is 0 Å². The summed E-state index contributed by atoms with van der Waals surface area (Å²) >= 11 is 0. The number of hydrogen-bond acceptors (Lipinski definition) is 2. The molecule has 1 aliphatic rings. The molecule has 3 atom stereocenters. The predicted molar refractivity (Wildman–Crippen MR) is 54.3 cm³/mol. The van der Waals surface area contributed by atoms with Gasteiger partial charge in [0.15, 0.2) is 0 Å². The lowest BCUT2D eigenvalue weighted by atomic mass is 9.97. The van der Waals surface area contributed by atoms with Crippen LogP contribution in [0.4, 0.5) is 0 Å². The Morgan fingerprint density at radius 2 is 2.36 bits per heavy atom. The summed E-state index contributed by atoms with van der Waals surface area (Å²) in [7, 11) is 0. The molecule has 78 valence electrons. The summed E-state index contributed by atoms with van der Waals surface area (Å²) in [5, 5.41) is 11.4. The van der Waals surface area contributed by atoms with Crippen molar-refractivity contribution in [3.8, 4) is 6.07 Å². The van der Waals surface area contributed by atoms with Gasteiger partial charge in [0, 0.05) is 12.5 Å². The molecular weight excluding hydrogens is 176 g/mol. The van der Waals surface area contributed by atoms with Crippen LogP contribution in [-0.4, -0.2) is 12.5 Å². The third-order valence-electron chi connectivity index (χ3n) is 3.00. The topological polar surface area (TPSA) is 52.9 Å². The molecule has 0 spiro atoms. The molecule has 14 heavy (non-hydrogen) atoms. The van der Waals surface area contributed by atoms with E-state index in [9.17, 15) is 4.79 Å². The maximum atomic E-state index is 11.7. The number of nitriles is 1. The lowest BCUT2D eigenvalue weighted by Gasteiger charge is -2.15. The van der Waals surface area contributed by atoms with Crippen molar-refractivity contribution in [1.29, 1.82) is 5.26 Å². The normalized spacial score (nSPS) is 28.1. The average Bonchev–Trinajstić information content (AvgIpc) is 2.60. The standard InChI is InChI=1S/C11H18N2O/c1-8(6-12)7-13-11(14)10-5-3-4-9(10)2/h8-10H,3-5,7H2,1-2H3,(H,13,14). The third-order valence-corrected chi connectivity index (χ3v) is 3.00. The van der Waals surface area contributed by atoms with E-state index in [2.05, 4.69) is 18.3 Å². The molecule has 0 aromatic rings. The molecule has 1 N–H and O–H groups in total. The summed E-state index contributed by atoms with van der Waals surface area (Å²) in [6.45, 7) is 4.43. The largest absolute Gasteiger partial charge is 0.355 e. The van der Waals surface area contributed by atoms with Crippen molar-refractivity contribution >= 4 is 5.91 Å². The van der Waals surface area contributed by atoms with Gasteiger partial charge in [-0.1, -0.05) is 13.3 Å². The highest BCUT2D eigenvalue weighted by Crippen LogP contribution is 2.31. The summed E-state index contributed by atoms with van der Waals surface area (Å²) in [6.07, 6.45) is 3.33. The molecule has 1 saturated carbocycles. The van der Waals surface area contributed by atoms with Gasteiger partial charge in [-0.15, -0.1) is 0 Å². The van der Waals surface area contributed by atoms with Crippen molar-refractivity contribution in [2.24, 2.45) is 17.8 Å². The Kier molecular flexibility index (Phi) is 3.94. The van der Waals surface area contributed by atoms with Crippen LogP contribution in [0.1, 0.15) is 33.1 Å².